The van der Waals surface area contributed by atoms with Crippen LogP contribution in [0, 0.1) is 5.82 Å². The number of anilines is 1. The quantitative estimate of drug-likeness (QED) is 0.339. The summed E-state index contributed by atoms with van der Waals surface area (Å²) >= 11 is 3.90. The molecule has 0 saturated carbocycles. The van der Waals surface area contributed by atoms with E-state index in [1.54, 1.807) is 0 Å². The SMILES string of the molecule is Nc1ccc(F)cc1S.[Na]. The van der Waals surface area contributed by atoms with E-state index in [4.69, 9.17) is 5.73 Å². The van der Waals surface area contributed by atoms with E-state index < -0.39 is 0 Å². The molecule has 0 saturated heterocycles. The summed E-state index contributed by atoms with van der Waals surface area (Å²) in [5.41, 5.74) is 5.85. The Morgan fingerprint density at radius 1 is 1.40 bits per heavy atom. The molecule has 0 aromatic heterocycles. The normalized spacial score (nSPS) is 8.60. The van der Waals surface area contributed by atoms with Gasteiger partial charge >= 0.3 is 0 Å². The molecule has 1 radical (unpaired) electrons. The molecule has 0 aliphatic rings. The number of nitrogens with two attached hydrogens (primary N) is 1. The summed E-state index contributed by atoms with van der Waals surface area (Å²) in [6.07, 6.45) is 0. The van der Waals surface area contributed by atoms with Crippen LogP contribution in [-0.2, 0) is 0 Å². The molecule has 1 rings (SSSR count). The zero-order chi connectivity index (χ0) is 6.85. The summed E-state index contributed by atoms with van der Waals surface area (Å²) in [4.78, 5) is 0.481. The average Bonchev–Trinajstić information content (AvgIpc) is 1.80. The fourth-order valence-electron chi connectivity index (χ4n) is 0.517. The third kappa shape index (κ3) is 2.50. The van der Waals surface area contributed by atoms with Gasteiger partial charge in [-0.25, -0.2) is 4.39 Å². The van der Waals surface area contributed by atoms with E-state index >= 15 is 0 Å². The van der Waals surface area contributed by atoms with Crippen LogP contribution in [-0.4, -0.2) is 29.6 Å². The third-order valence-electron chi connectivity index (χ3n) is 0.992. The second-order valence-electron chi connectivity index (χ2n) is 1.70. The zero-order valence-corrected chi connectivity index (χ0v) is 8.53. The minimum absolute atomic E-state index is 0. The van der Waals surface area contributed by atoms with Crippen molar-refractivity contribution in [2.75, 3.05) is 5.73 Å². The fourth-order valence-corrected chi connectivity index (χ4v) is 0.715. The molecule has 0 atom stereocenters. The smallest absolute Gasteiger partial charge is 0.124 e. The maximum absolute atomic E-state index is 12.2. The molecule has 0 bridgehead atoms. The second kappa shape index (κ2) is 4.23. The summed E-state index contributed by atoms with van der Waals surface area (Å²) < 4.78 is 12.2. The number of hydrogen-bond acceptors (Lipinski definition) is 2. The largest absolute Gasteiger partial charge is 0.398 e. The number of benzene rings is 1. The molecular formula is C6H6FNNaS. The van der Waals surface area contributed by atoms with Crippen LogP contribution in [0.5, 0.6) is 0 Å². The predicted octanol–water partition coefficient (Wildman–Crippen LogP) is 1.32. The van der Waals surface area contributed by atoms with Crippen molar-refractivity contribution >= 4 is 47.9 Å². The molecule has 1 nitrogen and oxygen atoms in total. The van der Waals surface area contributed by atoms with Crippen LogP contribution < -0.4 is 5.73 Å². The molecular weight excluding hydrogens is 160 g/mol. The number of halogens is 1. The van der Waals surface area contributed by atoms with Gasteiger partial charge < -0.3 is 5.73 Å². The van der Waals surface area contributed by atoms with Crippen molar-refractivity contribution in [3.63, 3.8) is 0 Å². The van der Waals surface area contributed by atoms with Gasteiger partial charge in [-0.05, 0) is 18.2 Å². The van der Waals surface area contributed by atoms with Gasteiger partial charge in [0.25, 0.3) is 0 Å². The molecule has 0 amide bonds. The van der Waals surface area contributed by atoms with E-state index in [0.717, 1.165) is 0 Å². The molecule has 0 unspecified atom stereocenters. The van der Waals surface area contributed by atoms with Crippen LogP contribution in [0.4, 0.5) is 10.1 Å². The number of nitrogen functional groups attached to an aromatic ring is 1. The van der Waals surface area contributed by atoms with Gasteiger partial charge in [0.05, 0.1) is 0 Å². The van der Waals surface area contributed by atoms with Crippen LogP contribution in [0.15, 0.2) is 23.1 Å². The third-order valence-corrected chi connectivity index (χ3v) is 1.38. The summed E-state index contributed by atoms with van der Waals surface area (Å²) in [5.74, 6) is -0.311. The Balaban J connectivity index is 0.000000810. The number of hydrogen-bond donors (Lipinski definition) is 2. The molecule has 0 aliphatic heterocycles. The Labute approximate surface area is 86.5 Å². The summed E-state index contributed by atoms with van der Waals surface area (Å²) in [7, 11) is 0. The van der Waals surface area contributed by atoms with E-state index in [2.05, 4.69) is 12.6 Å². The molecule has 4 heteroatoms. The first-order chi connectivity index (χ1) is 4.20. The molecule has 2 N–H and O–H groups in total. The average molecular weight is 166 g/mol. The first kappa shape index (κ1) is 10.3. The molecule has 1 aromatic carbocycles. The van der Waals surface area contributed by atoms with Crippen molar-refractivity contribution in [1.82, 2.24) is 0 Å². The second-order valence-corrected chi connectivity index (χ2v) is 2.18. The van der Waals surface area contributed by atoms with Crippen molar-refractivity contribution in [1.29, 1.82) is 0 Å². The van der Waals surface area contributed by atoms with Crippen LogP contribution >= 0.6 is 12.6 Å². The number of rotatable bonds is 0. The van der Waals surface area contributed by atoms with Crippen LogP contribution in [0.2, 0.25) is 0 Å². The van der Waals surface area contributed by atoms with Gasteiger partial charge in [-0.3, -0.25) is 0 Å². The van der Waals surface area contributed by atoms with E-state index in [9.17, 15) is 4.39 Å². The molecule has 0 fully saturated rings. The maximum Gasteiger partial charge on any atom is 0.124 e. The molecule has 0 heterocycles. The molecule has 0 aliphatic carbocycles. The van der Waals surface area contributed by atoms with Crippen molar-refractivity contribution in [3.8, 4) is 0 Å². The van der Waals surface area contributed by atoms with Crippen LogP contribution in [0.25, 0.3) is 0 Å². The topological polar surface area (TPSA) is 26.0 Å². The van der Waals surface area contributed by atoms with Gasteiger partial charge in [0.2, 0.25) is 0 Å². The minimum atomic E-state index is -0.311. The Kier molecular flexibility index (Phi) is 4.36. The predicted molar refractivity (Wildman–Crippen MR) is 43.8 cm³/mol. The monoisotopic (exact) mass is 166 g/mol. The summed E-state index contributed by atoms with van der Waals surface area (Å²) in [5, 5.41) is 0. The van der Waals surface area contributed by atoms with Crippen molar-refractivity contribution < 1.29 is 4.39 Å². The van der Waals surface area contributed by atoms with Crippen LogP contribution in [0.1, 0.15) is 0 Å². The van der Waals surface area contributed by atoms with E-state index in [0.29, 0.717) is 10.6 Å². The van der Waals surface area contributed by atoms with E-state index in [1.807, 2.05) is 0 Å². The van der Waals surface area contributed by atoms with Crippen LogP contribution in [0.3, 0.4) is 0 Å². The zero-order valence-electron chi connectivity index (χ0n) is 5.63. The van der Waals surface area contributed by atoms with Crippen molar-refractivity contribution in [3.05, 3.63) is 24.0 Å². The first-order valence-electron chi connectivity index (χ1n) is 2.44. The number of thiol groups is 1. The maximum atomic E-state index is 12.2. The first-order valence-corrected chi connectivity index (χ1v) is 2.89. The van der Waals surface area contributed by atoms with Gasteiger partial charge in [-0.1, -0.05) is 0 Å². The molecule has 10 heavy (non-hydrogen) atoms. The van der Waals surface area contributed by atoms with Gasteiger partial charge in [-0.15, -0.1) is 12.6 Å². The van der Waals surface area contributed by atoms with Gasteiger partial charge in [-0.2, -0.15) is 0 Å². The fraction of sp³-hybridized carbons (Fsp3) is 0. The van der Waals surface area contributed by atoms with Crippen molar-refractivity contribution in [2.45, 2.75) is 4.90 Å². The minimum Gasteiger partial charge on any atom is -0.398 e. The van der Waals surface area contributed by atoms with E-state index in [-0.39, 0.29) is 35.4 Å². The molecule has 49 valence electrons. The Morgan fingerprint density at radius 3 is 2.40 bits per heavy atom. The van der Waals surface area contributed by atoms with Crippen molar-refractivity contribution in [2.24, 2.45) is 0 Å². The van der Waals surface area contributed by atoms with Gasteiger partial charge in [0.15, 0.2) is 0 Å². The van der Waals surface area contributed by atoms with E-state index in [1.165, 1.54) is 18.2 Å². The molecule has 0 spiro atoms. The Bertz CT molecular complexity index is 229. The molecule has 1 aromatic rings. The summed E-state index contributed by atoms with van der Waals surface area (Å²) in [6, 6.07) is 4.06. The van der Waals surface area contributed by atoms with Gasteiger partial charge in [0, 0.05) is 40.1 Å². The van der Waals surface area contributed by atoms with Gasteiger partial charge in [0.1, 0.15) is 5.82 Å². The standard InChI is InChI=1S/C6H6FNS.Na/c7-4-1-2-5(8)6(9)3-4;/h1-3,9H,8H2;. The Morgan fingerprint density at radius 2 is 2.00 bits per heavy atom. The Hall–Kier alpha value is 0.300. The summed E-state index contributed by atoms with van der Waals surface area (Å²) in [6.45, 7) is 0.